The highest BCUT2D eigenvalue weighted by molar-refractivity contribution is 5.37. The summed E-state index contributed by atoms with van der Waals surface area (Å²) in [7, 11) is 1.63. The highest BCUT2D eigenvalue weighted by atomic mass is 16.5. The molecule has 0 aliphatic rings. The molecule has 3 rings (SSSR count). The van der Waals surface area contributed by atoms with Gasteiger partial charge in [-0.1, -0.05) is 12.1 Å². The number of ether oxygens (including phenoxy) is 1. The van der Waals surface area contributed by atoms with Crippen molar-refractivity contribution in [1.29, 1.82) is 5.26 Å². The number of tetrazole rings is 1. The number of nitrogens with one attached hydrogen (secondary N) is 1. The van der Waals surface area contributed by atoms with E-state index < -0.39 is 0 Å². The van der Waals surface area contributed by atoms with Crippen LogP contribution < -0.4 is 10.1 Å². The van der Waals surface area contributed by atoms with Gasteiger partial charge in [-0.25, -0.2) is 0 Å². The topological polar surface area (TPSA) is 88.7 Å². The lowest BCUT2D eigenvalue weighted by atomic mass is 9.93. The Balaban J connectivity index is 1.77. The third-order valence-electron chi connectivity index (χ3n) is 4.25. The van der Waals surface area contributed by atoms with Crippen LogP contribution in [0, 0.1) is 11.3 Å². The quantitative estimate of drug-likeness (QED) is 0.736. The molecule has 26 heavy (non-hydrogen) atoms. The second-order valence-electron chi connectivity index (χ2n) is 6.38. The summed E-state index contributed by atoms with van der Waals surface area (Å²) >= 11 is 0. The predicted octanol–water partition coefficient (Wildman–Crippen LogP) is 2.57. The zero-order valence-corrected chi connectivity index (χ0v) is 15.0. The van der Waals surface area contributed by atoms with Crippen molar-refractivity contribution in [2.75, 3.05) is 7.11 Å². The van der Waals surface area contributed by atoms with Crippen LogP contribution in [-0.4, -0.2) is 27.3 Å². The second-order valence-corrected chi connectivity index (χ2v) is 6.38. The molecule has 3 aromatic rings. The Bertz CT molecular complexity index is 924. The van der Waals surface area contributed by atoms with E-state index in [0.717, 1.165) is 17.0 Å². The first kappa shape index (κ1) is 17.6. The van der Waals surface area contributed by atoms with E-state index >= 15 is 0 Å². The molecule has 0 atom stereocenters. The standard InChI is InChI=1S/C19H20N6O/c1-19(2,15-6-4-5-14(11-15)12-20)21-13-18-22-23-24-25(18)16-7-9-17(26-3)10-8-16/h4-11,21H,13H2,1-3H3. The van der Waals surface area contributed by atoms with Crippen molar-refractivity contribution >= 4 is 0 Å². The van der Waals surface area contributed by atoms with Gasteiger partial charge in [-0.3, -0.25) is 0 Å². The summed E-state index contributed by atoms with van der Waals surface area (Å²) in [5, 5.41) is 24.5. The van der Waals surface area contributed by atoms with E-state index in [4.69, 9.17) is 10.00 Å². The lowest BCUT2D eigenvalue weighted by Crippen LogP contribution is -2.36. The molecular formula is C19H20N6O. The van der Waals surface area contributed by atoms with E-state index in [1.165, 1.54) is 0 Å². The van der Waals surface area contributed by atoms with Gasteiger partial charge in [0.25, 0.3) is 0 Å². The molecular weight excluding hydrogens is 328 g/mol. The summed E-state index contributed by atoms with van der Waals surface area (Å²) in [5.74, 6) is 1.47. The number of hydrogen-bond acceptors (Lipinski definition) is 6. The smallest absolute Gasteiger partial charge is 0.170 e. The summed E-state index contributed by atoms with van der Waals surface area (Å²) in [6, 6.07) is 17.3. The average Bonchev–Trinajstić information content (AvgIpc) is 3.15. The fourth-order valence-corrected chi connectivity index (χ4v) is 2.62. The predicted molar refractivity (Wildman–Crippen MR) is 96.7 cm³/mol. The Kier molecular flexibility index (Phi) is 4.96. The van der Waals surface area contributed by atoms with Gasteiger partial charge in [-0.2, -0.15) is 9.94 Å². The van der Waals surface area contributed by atoms with Gasteiger partial charge < -0.3 is 10.1 Å². The first-order valence-corrected chi connectivity index (χ1v) is 8.21. The first-order valence-electron chi connectivity index (χ1n) is 8.21. The van der Waals surface area contributed by atoms with Crippen LogP contribution in [0.4, 0.5) is 0 Å². The highest BCUT2D eigenvalue weighted by Crippen LogP contribution is 2.22. The molecule has 0 aliphatic heterocycles. The summed E-state index contributed by atoms with van der Waals surface area (Å²) in [6.45, 7) is 4.60. The molecule has 0 amide bonds. The van der Waals surface area contributed by atoms with E-state index in [1.54, 1.807) is 17.9 Å². The van der Waals surface area contributed by atoms with E-state index in [1.807, 2.05) is 42.5 Å². The van der Waals surface area contributed by atoms with Crippen molar-refractivity contribution in [1.82, 2.24) is 25.5 Å². The number of rotatable bonds is 6. The maximum atomic E-state index is 9.10. The van der Waals surface area contributed by atoms with Crippen LogP contribution in [0.25, 0.3) is 5.69 Å². The third-order valence-corrected chi connectivity index (χ3v) is 4.25. The van der Waals surface area contributed by atoms with Gasteiger partial charge in [0.05, 0.1) is 31.0 Å². The molecule has 1 N–H and O–H groups in total. The van der Waals surface area contributed by atoms with Gasteiger partial charge in [-0.05, 0) is 66.2 Å². The number of nitrogens with zero attached hydrogens (tertiary/aromatic N) is 5. The summed E-state index contributed by atoms with van der Waals surface area (Å²) in [4.78, 5) is 0. The van der Waals surface area contributed by atoms with Gasteiger partial charge in [0.2, 0.25) is 0 Å². The van der Waals surface area contributed by atoms with Crippen molar-refractivity contribution in [3.05, 3.63) is 65.5 Å². The van der Waals surface area contributed by atoms with Crippen molar-refractivity contribution in [3.8, 4) is 17.5 Å². The van der Waals surface area contributed by atoms with Crippen LogP contribution in [0.3, 0.4) is 0 Å². The van der Waals surface area contributed by atoms with E-state index in [2.05, 4.69) is 40.8 Å². The number of aromatic nitrogens is 4. The van der Waals surface area contributed by atoms with Crippen molar-refractivity contribution in [2.45, 2.75) is 25.9 Å². The van der Waals surface area contributed by atoms with Crippen molar-refractivity contribution < 1.29 is 4.74 Å². The van der Waals surface area contributed by atoms with Gasteiger partial charge >= 0.3 is 0 Å². The van der Waals surface area contributed by atoms with E-state index in [9.17, 15) is 0 Å². The molecule has 2 aromatic carbocycles. The molecule has 7 heteroatoms. The van der Waals surface area contributed by atoms with Crippen LogP contribution in [-0.2, 0) is 12.1 Å². The normalized spacial score (nSPS) is 11.2. The molecule has 0 bridgehead atoms. The van der Waals surface area contributed by atoms with E-state index in [-0.39, 0.29) is 5.54 Å². The highest BCUT2D eigenvalue weighted by Gasteiger charge is 2.21. The third kappa shape index (κ3) is 3.71. The van der Waals surface area contributed by atoms with E-state index in [0.29, 0.717) is 17.9 Å². The van der Waals surface area contributed by atoms with Crippen LogP contribution in [0.1, 0.15) is 30.8 Å². The number of hydrogen-bond donors (Lipinski definition) is 1. The van der Waals surface area contributed by atoms with Crippen LogP contribution in [0.5, 0.6) is 5.75 Å². The van der Waals surface area contributed by atoms with Crippen LogP contribution >= 0.6 is 0 Å². The fraction of sp³-hybridized carbons (Fsp3) is 0.263. The summed E-state index contributed by atoms with van der Waals surface area (Å²) in [6.07, 6.45) is 0. The van der Waals surface area contributed by atoms with Gasteiger partial charge in [-0.15, -0.1) is 5.10 Å². The van der Waals surface area contributed by atoms with Crippen molar-refractivity contribution in [3.63, 3.8) is 0 Å². The molecule has 0 aliphatic carbocycles. The number of methoxy groups -OCH3 is 1. The minimum atomic E-state index is -0.344. The minimum absolute atomic E-state index is 0.344. The zero-order valence-electron chi connectivity index (χ0n) is 15.0. The molecule has 0 saturated heterocycles. The van der Waals surface area contributed by atoms with Gasteiger partial charge in [0.15, 0.2) is 5.82 Å². The van der Waals surface area contributed by atoms with Crippen LogP contribution in [0.2, 0.25) is 0 Å². The molecule has 0 radical (unpaired) electrons. The van der Waals surface area contributed by atoms with Gasteiger partial charge in [0, 0.05) is 5.54 Å². The molecule has 0 spiro atoms. The monoisotopic (exact) mass is 348 g/mol. The summed E-state index contributed by atoms with van der Waals surface area (Å²) in [5.41, 5.74) is 2.18. The lowest BCUT2D eigenvalue weighted by Gasteiger charge is -2.27. The molecule has 7 nitrogen and oxygen atoms in total. The molecule has 0 fully saturated rings. The number of nitriles is 1. The Morgan fingerprint density at radius 1 is 1.19 bits per heavy atom. The molecule has 132 valence electrons. The maximum Gasteiger partial charge on any atom is 0.170 e. The molecule has 1 aromatic heterocycles. The Labute approximate surface area is 152 Å². The summed E-state index contributed by atoms with van der Waals surface area (Å²) < 4.78 is 6.87. The maximum absolute atomic E-state index is 9.10. The Hall–Kier alpha value is -3.24. The average molecular weight is 348 g/mol. The number of benzene rings is 2. The first-order chi connectivity index (χ1) is 12.5. The molecule has 0 saturated carbocycles. The minimum Gasteiger partial charge on any atom is -0.497 e. The second kappa shape index (κ2) is 7.33. The zero-order chi connectivity index (χ0) is 18.6. The molecule has 0 unspecified atom stereocenters. The SMILES string of the molecule is COc1ccc(-n2nnnc2CNC(C)(C)c2cccc(C#N)c2)cc1. The molecule has 1 heterocycles. The largest absolute Gasteiger partial charge is 0.497 e. The fourth-order valence-electron chi connectivity index (χ4n) is 2.62. The lowest BCUT2D eigenvalue weighted by molar-refractivity contribution is 0.392. The van der Waals surface area contributed by atoms with Crippen molar-refractivity contribution in [2.24, 2.45) is 0 Å². The van der Waals surface area contributed by atoms with Gasteiger partial charge in [0.1, 0.15) is 5.75 Å². The Morgan fingerprint density at radius 3 is 2.65 bits per heavy atom. The van der Waals surface area contributed by atoms with Crippen LogP contribution in [0.15, 0.2) is 48.5 Å². The Morgan fingerprint density at radius 2 is 1.96 bits per heavy atom.